The van der Waals surface area contributed by atoms with E-state index in [9.17, 15) is 4.79 Å². The Morgan fingerprint density at radius 2 is 2.12 bits per heavy atom. The number of aliphatic carboxylic acids is 1. The Balaban J connectivity index is 2.60. The van der Waals surface area contributed by atoms with Crippen molar-refractivity contribution in [1.82, 2.24) is 5.32 Å². The van der Waals surface area contributed by atoms with Gasteiger partial charge >= 0.3 is 5.97 Å². The molecule has 0 aliphatic heterocycles. The van der Waals surface area contributed by atoms with Crippen LogP contribution < -0.4 is 5.32 Å². The first-order chi connectivity index (χ1) is 8.11. The first kappa shape index (κ1) is 13.7. The minimum Gasteiger partial charge on any atom is -0.481 e. The molecule has 0 aromatic heterocycles. The van der Waals surface area contributed by atoms with Crippen molar-refractivity contribution in [3.63, 3.8) is 0 Å². The number of hydrogen-bond donors (Lipinski definition) is 2. The summed E-state index contributed by atoms with van der Waals surface area (Å²) < 4.78 is 0. The fourth-order valence-corrected chi connectivity index (χ4v) is 1.71. The van der Waals surface area contributed by atoms with E-state index in [1.807, 2.05) is 24.3 Å². The van der Waals surface area contributed by atoms with Crippen molar-refractivity contribution in [2.45, 2.75) is 18.9 Å². The highest BCUT2D eigenvalue weighted by molar-refractivity contribution is 6.30. The van der Waals surface area contributed by atoms with Gasteiger partial charge in [0.05, 0.1) is 6.42 Å². The van der Waals surface area contributed by atoms with Crippen LogP contribution in [0.25, 0.3) is 0 Å². The molecule has 1 aromatic carbocycles. The summed E-state index contributed by atoms with van der Waals surface area (Å²) in [4.78, 5) is 10.7. The number of hydrogen-bond acceptors (Lipinski definition) is 2. The second-order valence-electron chi connectivity index (χ2n) is 3.82. The molecule has 17 heavy (non-hydrogen) atoms. The molecule has 0 bridgehead atoms. The smallest absolute Gasteiger partial charge is 0.304 e. The molecular formula is C13H16ClNO2. The summed E-state index contributed by atoms with van der Waals surface area (Å²) in [6.45, 7) is 4.21. The number of rotatable bonds is 7. The van der Waals surface area contributed by atoms with Crippen molar-refractivity contribution < 1.29 is 9.90 Å². The Hall–Kier alpha value is -1.32. The van der Waals surface area contributed by atoms with Gasteiger partial charge in [-0.1, -0.05) is 29.8 Å². The van der Waals surface area contributed by atoms with Crippen LogP contribution in [-0.2, 0) is 11.2 Å². The van der Waals surface area contributed by atoms with E-state index in [-0.39, 0.29) is 12.5 Å². The van der Waals surface area contributed by atoms with Crippen LogP contribution in [0.1, 0.15) is 12.0 Å². The quantitative estimate of drug-likeness (QED) is 0.734. The molecular weight excluding hydrogens is 238 g/mol. The van der Waals surface area contributed by atoms with E-state index in [1.54, 1.807) is 6.08 Å². The second kappa shape index (κ2) is 7.09. The number of carboxylic acid groups (broad SMARTS) is 1. The highest BCUT2D eigenvalue weighted by Crippen LogP contribution is 2.12. The Bertz CT molecular complexity index is 376. The number of carbonyl (C=O) groups is 1. The Morgan fingerprint density at radius 1 is 1.47 bits per heavy atom. The minimum atomic E-state index is -0.805. The molecule has 1 atom stereocenters. The lowest BCUT2D eigenvalue weighted by Crippen LogP contribution is -2.33. The number of nitrogens with one attached hydrogen (secondary N) is 1. The maximum Gasteiger partial charge on any atom is 0.304 e. The van der Waals surface area contributed by atoms with Crippen molar-refractivity contribution in [2.75, 3.05) is 6.54 Å². The molecule has 1 unspecified atom stereocenters. The molecule has 0 saturated heterocycles. The summed E-state index contributed by atoms with van der Waals surface area (Å²) in [6, 6.07) is 7.34. The third-order valence-corrected chi connectivity index (χ3v) is 2.62. The van der Waals surface area contributed by atoms with Gasteiger partial charge in [-0.05, 0) is 24.1 Å². The van der Waals surface area contributed by atoms with E-state index >= 15 is 0 Å². The van der Waals surface area contributed by atoms with Crippen LogP contribution in [0.5, 0.6) is 0 Å². The van der Waals surface area contributed by atoms with Gasteiger partial charge in [-0.15, -0.1) is 6.58 Å². The van der Waals surface area contributed by atoms with E-state index in [0.29, 0.717) is 18.0 Å². The Kier molecular flexibility index (Phi) is 5.73. The normalized spacial score (nSPS) is 12.1. The first-order valence-corrected chi connectivity index (χ1v) is 5.80. The molecule has 0 fully saturated rings. The van der Waals surface area contributed by atoms with E-state index in [2.05, 4.69) is 11.9 Å². The molecule has 0 saturated carbocycles. The first-order valence-electron chi connectivity index (χ1n) is 5.42. The third-order valence-electron chi connectivity index (χ3n) is 2.37. The predicted molar refractivity (Wildman–Crippen MR) is 69.4 cm³/mol. The van der Waals surface area contributed by atoms with Crippen LogP contribution in [0.3, 0.4) is 0 Å². The summed E-state index contributed by atoms with van der Waals surface area (Å²) in [7, 11) is 0. The van der Waals surface area contributed by atoms with Gasteiger partial charge in [0.2, 0.25) is 0 Å². The van der Waals surface area contributed by atoms with Crippen molar-refractivity contribution in [2.24, 2.45) is 0 Å². The van der Waals surface area contributed by atoms with Gasteiger partial charge in [-0.2, -0.15) is 0 Å². The summed E-state index contributed by atoms with van der Waals surface area (Å²) in [5.74, 6) is -0.805. The van der Waals surface area contributed by atoms with Crippen molar-refractivity contribution in [1.29, 1.82) is 0 Å². The van der Waals surface area contributed by atoms with Crippen LogP contribution in [0.2, 0.25) is 5.02 Å². The molecule has 1 aromatic rings. The molecule has 2 N–H and O–H groups in total. The molecule has 92 valence electrons. The fourth-order valence-electron chi connectivity index (χ4n) is 1.58. The van der Waals surface area contributed by atoms with Crippen LogP contribution in [0.4, 0.5) is 0 Å². The molecule has 0 radical (unpaired) electrons. The van der Waals surface area contributed by atoms with Crippen LogP contribution in [0.15, 0.2) is 36.9 Å². The fraction of sp³-hybridized carbons (Fsp3) is 0.308. The van der Waals surface area contributed by atoms with Crippen LogP contribution in [-0.4, -0.2) is 23.7 Å². The molecule has 3 nitrogen and oxygen atoms in total. The average molecular weight is 254 g/mol. The van der Waals surface area contributed by atoms with E-state index in [0.717, 1.165) is 5.56 Å². The molecule has 0 amide bonds. The third kappa shape index (κ3) is 5.52. The maximum atomic E-state index is 10.7. The zero-order chi connectivity index (χ0) is 12.7. The van der Waals surface area contributed by atoms with Gasteiger partial charge < -0.3 is 10.4 Å². The standard InChI is InChI=1S/C13H16ClNO2/c1-2-7-15-12(9-13(16)17)8-10-3-5-11(14)6-4-10/h2-6,12,15H,1,7-9H2,(H,16,17). The van der Waals surface area contributed by atoms with Gasteiger partial charge in [0.1, 0.15) is 0 Å². The Labute approximate surface area is 106 Å². The van der Waals surface area contributed by atoms with E-state index < -0.39 is 5.97 Å². The van der Waals surface area contributed by atoms with E-state index in [4.69, 9.17) is 16.7 Å². The lowest BCUT2D eigenvalue weighted by Gasteiger charge is -2.15. The molecule has 4 heteroatoms. The molecule has 0 heterocycles. The zero-order valence-corrected chi connectivity index (χ0v) is 10.3. The SMILES string of the molecule is C=CCNC(CC(=O)O)Cc1ccc(Cl)cc1. The molecule has 0 spiro atoms. The van der Waals surface area contributed by atoms with Crippen LogP contribution in [0, 0.1) is 0 Å². The Morgan fingerprint density at radius 3 is 2.65 bits per heavy atom. The van der Waals surface area contributed by atoms with Crippen molar-refractivity contribution >= 4 is 17.6 Å². The summed E-state index contributed by atoms with van der Waals surface area (Å²) in [5.41, 5.74) is 1.07. The largest absolute Gasteiger partial charge is 0.481 e. The van der Waals surface area contributed by atoms with E-state index in [1.165, 1.54) is 0 Å². The number of carboxylic acids is 1. The highest BCUT2D eigenvalue weighted by Gasteiger charge is 2.12. The van der Waals surface area contributed by atoms with Crippen LogP contribution >= 0.6 is 11.6 Å². The highest BCUT2D eigenvalue weighted by atomic mass is 35.5. The topological polar surface area (TPSA) is 49.3 Å². The molecule has 1 rings (SSSR count). The summed E-state index contributed by atoms with van der Waals surface area (Å²) in [5, 5.41) is 12.6. The number of benzene rings is 1. The van der Waals surface area contributed by atoms with Gasteiger partial charge in [0.15, 0.2) is 0 Å². The maximum absolute atomic E-state index is 10.7. The predicted octanol–water partition coefficient (Wildman–Crippen LogP) is 2.50. The van der Waals surface area contributed by atoms with Crippen molar-refractivity contribution in [3.05, 3.63) is 47.5 Å². The van der Waals surface area contributed by atoms with Gasteiger partial charge in [-0.25, -0.2) is 0 Å². The zero-order valence-electron chi connectivity index (χ0n) is 9.53. The van der Waals surface area contributed by atoms with Crippen molar-refractivity contribution in [3.8, 4) is 0 Å². The summed E-state index contributed by atoms with van der Waals surface area (Å²) >= 11 is 5.79. The lowest BCUT2D eigenvalue weighted by atomic mass is 10.0. The number of halogens is 1. The van der Waals surface area contributed by atoms with Gasteiger partial charge in [-0.3, -0.25) is 4.79 Å². The van der Waals surface area contributed by atoms with Gasteiger partial charge in [0.25, 0.3) is 0 Å². The monoisotopic (exact) mass is 253 g/mol. The summed E-state index contributed by atoms with van der Waals surface area (Å²) in [6.07, 6.45) is 2.48. The molecule has 0 aliphatic carbocycles. The second-order valence-corrected chi connectivity index (χ2v) is 4.26. The molecule has 0 aliphatic rings. The van der Waals surface area contributed by atoms with Gasteiger partial charge in [0, 0.05) is 17.6 Å². The lowest BCUT2D eigenvalue weighted by molar-refractivity contribution is -0.137. The minimum absolute atomic E-state index is 0.0910. The average Bonchev–Trinajstić information content (AvgIpc) is 2.28.